The number of anilines is 1. The summed E-state index contributed by atoms with van der Waals surface area (Å²) in [6.45, 7) is 0. The molecule has 0 aromatic heterocycles. The quantitative estimate of drug-likeness (QED) is 0.828. The van der Waals surface area contributed by atoms with E-state index >= 15 is 0 Å². The van der Waals surface area contributed by atoms with Crippen molar-refractivity contribution in [3.8, 4) is 0 Å². The first-order chi connectivity index (χ1) is 9.59. The predicted molar refractivity (Wildman–Crippen MR) is 85.7 cm³/mol. The van der Waals surface area contributed by atoms with Crippen LogP contribution in [0.1, 0.15) is 27.4 Å². The average Bonchev–Trinajstić information content (AvgIpc) is 2.78. The number of halogens is 1. The molecule has 2 aromatic carbocycles. The van der Waals surface area contributed by atoms with Crippen molar-refractivity contribution in [3.05, 3.63) is 63.6 Å². The molecule has 0 N–H and O–H groups in total. The maximum atomic E-state index is 12.7. The number of benzene rings is 2. The first kappa shape index (κ1) is 13.4. The zero-order valence-corrected chi connectivity index (χ0v) is 13.1. The van der Waals surface area contributed by atoms with Crippen LogP contribution in [-0.2, 0) is 6.42 Å². The van der Waals surface area contributed by atoms with Crippen LogP contribution in [0.25, 0.3) is 0 Å². The van der Waals surface area contributed by atoms with Crippen LogP contribution >= 0.6 is 15.9 Å². The third-order valence-electron chi connectivity index (χ3n) is 3.89. The molecule has 3 heteroatoms. The lowest BCUT2D eigenvalue weighted by Gasteiger charge is -2.17. The molecule has 20 heavy (non-hydrogen) atoms. The van der Waals surface area contributed by atoms with Gasteiger partial charge in [-0.3, -0.25) is 4.79 Å². The Kier molecular flexibility index (Phi) is 3.38. The topological polar surface area (TPSA) is 20.3 Å². The molecule has 0 amide bonds. The molecule has 1 aliphatic carbocycles. The van der Waals surface area contributed by atoms with Gasteiger partial charge in [-0.1, -0.05) is 46.3 Å². The number of Topliss-reactive ketones (excluding diaryl/α,β-unsaturated/α-hetero) is 1. The number of nitrogens with zero attached hydrogens (tertiary/aromatic N) is 1. The van der Waals surface area contributed by atoms with Gasteiger partial charge in [-0.25, -0.2) is 0 Å². The zero-order valence-electron chi connectivity index (χ0n) is 11.6. The maximum absolute atomic E-state index is 12.7. The Balaban J connectivity index is 2.10. The number of fused-ring (bicyclic) bond motifs is 1. The van der Waals surface area contributed by atoms with Crippen molar-refractivity contribution in [2.24, 2.45) is 0 Å². The largest absolute Gasteiger partial charge is 0.377 e. The van der Waals surface area contributed by atoms with Gasteiger partial charge in [0.2, 0.25) is 0 Å². The van der Waals surface area contributed by atoms with Crippen LogP contribution in [-0.4, -0.2) is 19.9 Å². The summed E-state index contributed by atoms with van der Waals surface area (Å²) in [5.74, 6) is 0.172. The van der Waals surface area contributed by atoms with Crippen molar-refractivity contribution in [1.82, 2.24) is 0 Å². The Morgan fingerprint density at radius 3 is 2.45 bits per heavy atom. The van der Waals surface area contributed by atoms with Crippen molar-refractivity contribution in [1.29, 1.82) is 0 Å². The van der Waals surface area contributed by atoms with Crippen LogP contribution in [0.2, 0.25) is 0 Å². The smallest absolute Gasteiger partial charge is 0.172 e. The number of rotatable bonds is 2. The van der Waals surface area contributed by atoms with Crippen molar-refractivity contribution in [2.75, 3.05) is 19.0 Å². The monoisotopic (exact) mass is 329 g/mol. The summed E-state index contributed by atoms with van der Waals surface area (Å²) in [4.78, 5) is 14.8. The first-order valence-electron chi connectivity index (χ1n) is 6.67. The van der Waals surface area contributed by atoms with E-state index < -0.39 is 0 Å². The molecular weight excluding hydrogens is 314 g/mol. The first-order valence-corrected chi connectivity index (χ1v) is 7.46. The standard InChI is InChI=1S/C17H16BrNO/c1-19(2)15-9-8-14(18)16-13(15)10-12(17(16)20)11-6-4-3-5-7-11/h3-9,12H,10H2,1-2H3. The van der Waals surface area contributed by atoms with Crippen molar-refractivity contribution in [2.45, 2.75) is 12.3 Å². The van der Waals surface area contributed by atoms with Gasteiger partial charge >= 0.3 is 0 Å². The molecule has 0 radical (unpaired) electrons. The highest BCUT2D eigenvalue weighted by molar-refractivity contribution is 9.10. The minimum atomic E-state index is -0.0522. The molecule has 0 saturated heterocycles. The molecule has 2 aromatic rings. The van der Waals surface area contributed by atoms with E-state index in [-0.39, 0.29) is 11.7 Å². The molecular formula is C17H16BrNO. The SMILES string of the molecule is CN(C)c1ccc(Br)c2c1CC(c1ccccc1)C2=O. The van der Waals surface area contributed by atoms with Gasteiger partial charge in [0.25, 0.3) is 0 Å². The van der Waals surface area contributed by atoms with E-state index in [9.17, 15) is 4.79 Å². The molecule has 102 valence electrons. The lowest BCUT2D eigenvalue weighted by atomic mass is 9.95. The minimum absolute atomic E-state index is 0.0522. The Morgan fingerprint density at radius 2 is 1.80 bits per heavy atom. The lowest BCUT2D eigenvalue weighted by Crippen LogP contribution is -2.11. The van der Waals surface area contributed by atoms with E-state index in [0.717, 1.165) is 33.3 Å². The number of hydrogen-bond acceptors (Lipinski definition) is 2. The van der Waals surface area contributed by atoms with Crippen molar-refractivity contribution < 1.29 is 4.79 Å². The molecule has 2 nitrogen and oxygen atoms in total. The van der Waals surface area contributed by atoms with Crippen LogP contribution < -0.4 is 4.90 Å². The van der Waals surface area contributed by atoms with E-state index in [1.54, 1.807) is 0 Å². The highest BCUT2D eigenvalue weighted by Gasteiger charge is 2.35. The Morgan fingerprint density at radius 1 is 1.10 bits per heavy atom. The highest BCUT2D eigenvalue weighted by atomic mass is 79.9. The molecule has 1 atom stereocenters. The number of ketones is 1. The summed E-state index contributed by atoms with van der Waals surface area (Å²) >= 11 is 3.53. The number of carbonyl (C=O) groups excluding carboxylic acids is 1. The zero-order chi connectivity index (χ0) is 14.3. The van der Waals surface area contributed by atoms with Crippen molar-refractivity contribution >= 4 is 27.4 Å². The van der Waals surface area contributed by atoms with E-state index in [0.29, 0.717) is 0 Å². The second-order valence-electron chi connectivity index (χ2n) is 5.35. The summed E-state index contributed by atoms with van der Waals surface area (Å²) < 4.78 is 0.904. The summed E-state index contributed by atoms with van der Waals surface area (Å²) in [6.07, 6.45) is 0.783. The van der Waals surface area contributed by atoms with Crippen molar-refractivity contribution in [3.63, 3.8) is 0 Å². The van der Waals surface area contributed by atoms with Crippen LogP contribution in [0.4, 0.5) is 5.69 Å². The average molecular weight is 330 g/mol. The molecule has 0 bridgehead atoms. The third kappa shape index (κ3) is 2.06. The van der Waals surface area contributed by atoms with Gasteiger partial charge in [0.15, 0.2) is 5.78 Å². The molecule has 3 rings (SSSR count). The molecule has 0 fully saturated rings. The number of carbonyl (C=O) groups is 1. The molecule has 0 saturated carbocycles. The van der Waals surface area contributed by atoms with E-state index in [1.165, 1.54) is 0 Å². The molecule has 1 unspecified atom stereocenters. The predicted octanol–water partition coefficient (Wildman–Crippen LogP) is 4.04. The minimum Gasteiger partial charge on any atom is -0.377 e. The second-order valence-corrected chi connectivity index (χ2v) is 6.20. The lowest BCUT2D eigenvalue weighted by molar-refractivity contribution is 0.0972. The summed E-state index contributed by atoms with van der Waals surface area (Å²) in [6, 6.07) is 14.1. The Hall–Kier alpha value is -1.61. The molecule has 0 aliphatic heterocycles. The van der Waals surface area contributed by atoms with E-state index in [2.05, 4.69) is 26.9 Å². The van der Waals surface area contributed by atoms with E-state index in [1.807, 2.05) is 50.5 Å². The van der Waals surface area contributed by atoms with Gasteiger partial charge in [-0.15, -0.1) is 0 Å². The van der Waals surface area contributed by atoms with E-state index in [4.69, 9.17) is 0 Å². The maximum Gasteiger partial charge on any atom is 0.172 e. The summed E-state index contributed by atoms with van der Waals surface area (Å²) in [7, 11) is 4.04. The second kappa shape index (κ2) is 5.06. The molecule has 1 aliphatic rings. The summed E-state index contributed by atoms with van der Waals surface area (Å²) in [5, 5.41) is 0. The normalized spacial score (nSPS) is 17.1. The van der Waals surface area contributed by atoms with Crippen LogP contribution in [0.15, 0.2) is 46.9 Å². The third-order valence-corrected chi connectivity index (χ3v) is 4.55. The Labute approximate surface area is 127 Å². The van der Waals surface area contributed by atoms with Crippen LogP contribution in [0, 0.1) is 0 Å². The molecule has 0 spiro atoms. The molecule has 0 heterocycles. The van der Waals surface area contributed by atoms with Gasteiger partial charge in [0.05, 0.1) is 5.92 Å². The van der Waals surface area contributed by atoms with Crippen LogP contribution in [0.5, 0.6) is 0 Å². The van der Waals surface area contributed by atoms with Gasteiger partial charge in [0.1, 0.15) is 0 Å². The van der Waals surface area contributed by atoms with Crippen LogP contribution in [0.3, 0.4) is 0 Å². The van der Waals surface area contributed by atoms with Gasteiger partial charge < -0.3 is 4.90 Å². The highest BCUT2D eigenvalue weighted by Crippen LogP contribution is 2.41. The Bertz CT molecular complexity index is 664. The fourth-order valence-corrected chi connectivity index (χ4v) is 3.49. The summed E-state index contributed by atoms with van der Waals surface area (Å²) in [5.41, 5.74) is 4.24. The van der Waals surface area contributed by atoms with Gasteiger partial charge in [-0.2, -0.15) is 0 Å². The van der Waals surface area contributed by atoms with Gasteiger partial charge in [-0.05, 0) is 29.7 Å². The fourth-order valence-electron chi connectivity index (χ4n) is 2.93. The number of hydrogen-bond donors (Lipinski definition) is 0. The van der Waals surface area contributed by atoms with Gasteiger partial charge in [0, 0.05) is 29.8 Å². The fraction of sp³-hybridized carbons (Fsp3) is 0.235.